The van der Waals surface area contributed by atoms with Crippen molar-refractivity contribution >= 4 is 44.7 Å². The number of thiophene rings is 1. The van der Waals surface area contributed by atoms with Gasteiger partial charge in [-0.15, -0.1) is 21.5 Å². The van der Waals surface area contributed by atoms with Gasteiger partial charge in [0.2, 0.25) is 0 Å². The first-order chi connectivity index (χ1) is 12.4. The molecule has 4 rings (SSSR count). The molecule has 0 saturated carbocycles. The first-order valence-corrected chi connectivity index (χ1v) is 9.72. The Morgan fingerprint density at radius 3 is 2.65 bits per heavy atom. The molecule has 0 saturated heterocycles. The third-order valence-electron chi connectivity index (χ3n) is 3.44. The van der Waals surface area contributed by atoms with Crippen LogP contribution in [0, 0.1) is 0 Å². The lowest BCUT2D eigenvalue weighted by atomic mass is 10.2. The largest absolute Gasteiger partial charge is 0.416 e. The van der Waals surface area contributed by atoms with Crippen LogP contribution in [-0.4, -0.2) is 19.8 Å². The minimum Gasteiger partial charge on any atom is -0.191 e. The first kappa shape index (κ1) is 17.5. The van der Waals surface area contributed by atoms with E-state index >= 15 is 0 Å². The van der Waals surface area contributed by atoms with Crippen molar-refractivity contribution in [3.8, 4) is 10.7 Å². The summed E-state index contributed by atoms with van der Waals surface area (Å²) in [6.45, 7) is 0. The predicted molar refractivity (Wildman–Crippen MR) is 97.4 cm³/mol. The molecule has 4 aromatic rings. The third-order valence-corrected chi connectivity index (χ3v) is 6.19. The Kier molecular flexibility index (Phi) is 4.49. The summed E-state index contributed by atoms with van der Waals surface area (Å²) in [4.78, 5) is 1.34. The summed E-state index contributed by atoms with van der Waals surface area (Å²) in [5.74, 6) is 0.577. The quantitative estimate of drug-likeness (QED) is 0.391. The fraction of sp³-hybridized carbons (Fsp3) is 0.0625. The Morgan fingerprint density at radius 2 is 1.92 bits per heavy atom. The van der Waals surface area contributed by atoms with E-state index in [1.807, 2.05) is 11.4 Å². The molecule has 0 atom stereocenters. The Balaban J connectivity index is 1.71. The second-order valence-electron chi connectivity index (χ2n) is 5.19. The molecule has 0 radical (unpaired) electrons. The highest BCUT2D eigenvalue weighted by molar-refractivity contribution is 9.10. The highest BCUT2D eigenvalue weighted by Gasteiger charge is 2.30. The second kappa shape index (κ2) is 6.67. The Bertz CT molecular complexity index is 1090. The Hall–Kier alpha value is -1.91. The summed E-state index contributed by atoms with van der Waals surface area (Å²) in [5, 5.41) is 15.2. The van der Waals surface area contributed by atoms with Gasteiger partial charge in [-0.05, 0) is 57.7 Å². The van der Waals surface area contributed by atoms with Gasteiger partial charge in [0.05, 0.1) is 10.4 Å². The van der Waals surface area contributed by atoms with Crippen LogP contribution in [0.3, 0.4) is 0 Å². The molecule has 132 valence electrons. The van der Waals surface area contributed by atoms with Gasteiger partial charge >= 0.3 is 6.18 Å². The number of hydrogen-bond acceptors (Lipinski definition) is 5. The lowest BCUT2D eigenvalue weighted by Crippen LogP contribution is -2.04. The molecule has 0 bridgehead atoms. The van der Waals surface area contributed by atoms with Crippen molar-refractivity contribution in [3.63, 3.8) is 0 Å². The maximum atomic E-state index is 12.9. The van der Waals surface area contributed by atoms with Crippen molar-refractivity contribution in [1.29, 1.82) is 0 Å². The van der Waals surface area contributed by atoms with Gasteiger partial charge in [-0.2, -0.15) is 22.8 Å². The number of benzene rings is 1. The molecule has 0 spiro atoms. The first-order valence-electron chi connectivity index (χ1n) is 7.23. The van der Waals surface area contributed by atoms with Crippen LogP contribution in [0.15, 0.2) is 62.2 Å². The van der Waals surface area contributed by atoms with Crippen molar-refractivity contribution in [2.24, 2.45) is 0 Å². The summed E-state index contributed by atoms with van der Waals surface area (Å²) in [5.41, 5.74) is -0.121. The van der Waals surface area contributed by atoms with Crippen LogP contribution >= 0.6 is 39.0 Å². The maximum absolute atomic E-state index is 12.9. The number of nitrogens with zero attached hydrogens (tertiary/aromatic N) is 4. The summed E-state index contributed by atoms with van der Waals surface area (Å²) in [6.07, 6.45) is -4.37. The Labute approximate surface area is 162 Å². The molecule has 26 heavy (non-hydrogen) atoms. The summed E-state index contributed by atoms with van der Waals surface area (Å²) in [6, 6.07) is 10.5. The number of halogens is 4. The molecule has 0 aliphatic rings. The smallest absolute Gasteiger partial charge is 0.191 e. The normalized spacial score (nSPS) is 12.0. The van der Waals surface area contributed by atoms with Crippen LogP contribution in [-0.2, 0) is 6.18 Å². The van der Waals surface area contributed by atoms with Crippen molar-refractivity contribution < 1.29 is 13.2 Å². The highest BCUT2D eigenvalue weighted by Crippen LogP contribution is 2.35. The lowest BCUT2D eigenvalue weighted by Gasteiger charge is -2.08. The molecule has 0 fully saturated rings. The van der Waals surface area contributed by atoms with E-state index in [1.54, 1.807) is 22.7 Å². The minimum atomic E-state index is -4.37. The average Bonchev–Trinajstić information content (AvgIpc) is 3.20. The van der Waals surface area contributed by atoms with Crippen LogP contribution in [0.4, 0.5) is 13.2 Å². The van der Waals surface area contributed by atoms with Gasteiger partial charge in [0.1, 0.15) is 5.03 Å². The van der Waals surface area contributed by atoms with Gasteiger partial charge in [0.15, 0.2) is 11.5 Å². The van der Waals surface area contributed by atoms with E-state index in [0.717, 1.165) is 33.2 Å². The molecule has 0 aliphatic carbocycles. The number of aromatic nitrogens is 4. The monoisotopic (exact) mass is 456 g/mol. The molecule has 10 heteroatoms. The van der Waals surface area contributed by atoms with Crippen LogP contribution in [0.1, 0.15) is 5.56 Å². The minimum absolute atomic E-state index is 0.457. The lowest BCUT2D eigenvalue weighted by molar-refractivity contribution is -0.137. The zero-order valence-electron chi connectivity index (χ0n) is 12.7. The molecular formula is C16H8BrF3N4S2. The number of alkyl halides is 3. The zero-order valence-corrected chi connectivity index (χ0v) is 16.0. The van der Waals surface area contributed by atoms with Gasteiger partial charge in [-0.25, -0.2) is 0 Å². The van der Waals surface area contributed by atoms with E-state index in [4.69, 9.17) is 0 Å². The molecule has 0 aliphatic heterocycles. The third kappa shape index (κ3) is 3.36. The fourth-order valence-corrected chi connectivity index (χ4v) is 4.63. The predicted octanol–water partition coefficient (Wildman–Crippen LogP) is 5.79. The van der Waals surface area contributed by atoms with Gasteiger partial charge in [0.25, 0.3) is 0 Å². The van der Waals surface area contributed by atoms with Crippen molar-refractivity contribution in [2.45, 2.75) is 16.1 Å². The molecule has 3 aromatic heterocycles. The van der Waals surface area contributed by atoms with E-state index in [9.17, 15) is 13.2 Å². The summed E-state index contributed by atoms with van der Waals surface area (Å²) in [7, 11) is 0. The van der Waals surface area contributed by atoms with Crippen molar-refractivity contribution in [3.05, 3.63) is 57.9 Å². The van der Waals surface area contributed by atoms with Crippen LogP contribution in [0.2, 0.25) is 0 Å². The van der Waals surface area contributed by atoms with Gasteiger partial charge in [-0.1, -0.05) is 17.8 Å². The average molecular weight is 457 g/mol. The topological polar surface area (TPSA) is 43.1 Å². The SMILES string of the molecule is FC(F)(F)c1cccc(Sc2ccc3nnc(-c4sccc4Br)n3n2)c1. The molecule has 3 heterocycles. The molecule has 4 nitrogen and oxygen atoms in total. The molecule has 0 amide bonds. The maximum Gasteiger partial charge on any atom is 0.416 e. The summed E-state index contributed by atoms with van der Waals surface area (Å²) < 4.78 is 41.1. The van der Waals surface area contributed by atoms with Gasteiger partial charge in [-0.3, -0.25) is 0 Å². The van der Waals surface area contributed by atoms with Crippen LogP contribution < -0.4 is 0 Å². The molecule has 1 aromatic carbocycles. The van der Waals surface area contributed by atoms with E-state index in [-0.39, 0.29) is 0 Å². The zero-order chi connectivity index (χ0) is 18.3. The van der Waals surface area contributed by atoms with E-state index in [1.165, 1.54) is 17.4 Å². The highest BCUT2D eigenvalue weighted by atomic mass is 79.9. The molecule has 0 N–H and O–H groups in total. The van der Waals surface area contributed by atoms with Crippen LogP contribution in [0.25, 0.3) is 16.3 Å². The van der Waals surface area contributed by atoms with Gasteiger partial charge in [0, 0.05) is 9.37 Å². The Morgan fingerprint density at radius 1 is 1.08 bits per heavy atom. The van der Waals surface area contributed by atoms with Gasteiger partial charge < -0.3 is 0 Å². The van der Waals surface area contributed by atoms with Crippen LogP contribution in [0.5, 0.6) is 0 Å². The number of rotatable bonds is 3. The van der Waals surface area contributed by atoms with Crippen molar-refractivity contribution in [2.75, 3.05) is 0 Å². The van der Waals surface area contributed by atoms with Crippen molar-refractivity contribution in [1.82, 2.24) is 19.8 Å². The van der Waals surface area contributed by atoms with E-state index < -0.39 is 11.7 Å². The standard InChI is InChI=1S/C16H8BrF3N4S2/c17-11-6-7-25-14(11)15-22-21-12-4-5-13(23-24(12)15)26-10-3-1-2-9(8-10)16(18,19)20/h1-8H. The fourth-order valence-electron chi connectivity index (χ4n) is 2.28. The molecule has 0 unspecified atom stereocenters. The second-order valence-corrected chi connectivity index (χ2v) is 8.05. The number of hydrogen-bond donors (Lipinski definition) is 0. The van der Waals surface area contributed by atoms with E-state index in [2.05, 4.69) is 31.2 Å². The molecular weight excluding hydrogens is 449 g/mol. The number of fused-ring (bicyclic) bond motifs is 1. The summed E-state index contributed by atoms with van der Waals surface area (Å²) >= 11 is 6.11. The van der Waals surface area contributed by atoms with E-state index in [0.29, 0.717) is 21.4 Å².